The molecule has 105 heavy (non-hydrogen) atoms. The lowest BCUT2D eigenvalue weighted by atomic mass is 9.79. The molecule has 2 aliphatic rings. The summed E-state index contributed by atoms with van der Waals surface area (Å²) in [5, 5.41) is 5.61. The van der Waals surface area contributed by atoms with Gasteiger partial charge in [-0.15, -0.1) is 0 Å². The number of amides is 2. The van der Waals surface area contributed by atoms with Crippen molar-refractivity contribution < 1.29 is 70.4 Å². The Kier molecular flexibility index (Phi) is 22.6. The molecule has 0 aliphatic carbocycles. The zero-order valence-corrected chi connectivity index (χ0v) is 60.6. The number of aromatic amines is 1. The minimum absolute atomic E-state index is 0.0228. The number of phosphoric ester groups is 1. The zero-order valence-electron chi connectivity index (χ0n) is 58.1. The van der Waals surface area contributed by atoms with E-state index in [2.05, 4.69) is 34.8 Å². The van der Waals surface area contributed by atoms with E-state index in [1.54, 1.807) is 66.6 Å². The largest absolute Gasteiger partial charge is 0.497 e. The second-order valence-corrected chi connectivity index (χ2v) is 28.0. The smallest absolute Gasteiger partial charge is 0.475 e. The molecule has 0 radical (unpaired) electrons. The van der Waals surface area contributed by atoms with Gasteiger partial charge in [-0.25, -0.2) is 26.1 Å². The van der Waals surface area contributed by atoms with Crippen LogP contribution in [0.25, 0.3) is 26.9 Å². The van der Waals surface area contributed by atoms with Crippen LogP contribution in [0.1, 0.15) is 86.0 Å². The number of hydrogen-bond donors (Lipinski definition) is 3. The van der Waals surface area contributed by atoms with Crippen molar-refractivity contribution >= 4 is 76.5 Å². The number of fused-ring (bicyclic) bond motifs is 2. The topological polar surface area (TPSA) is 288 Å². The summed E-state index contributed by atoms with van der Waals surface area (Å²) in [5.41, 5.74) is 1.75. The Hall–Kier alpha value is -10.2. The molecule has 1 unspecified atom stereocenters. The maximum atomic E-state index is 16.3. The van der Waals surface area contributed by atoms with Gasteiger partial charge in [-0.05, 0) is 117 Å². The highest BCUT2D eigenvalue weighted by Gasteiger charge is 2.55. The lowest BCUT2D eigenvalue weighted by Gasteiger charge is -2.40. The van der Waals surface area contributed by atoms with E-state index < -0.39 is 98.3 Å². The van der Waals surface area contributed by atoms with E-state index in [1.165, 1.54) is 13.4 Å². The van der Waals surface area contributed by atoms with Crippen LogP contribution in [0.4, 0.5) is 11.8 Å². The Morgan fingerprint density at radius 1 is 0.610 bits per heavy atom. The summed E-state index contributed by atoms with van der Waals surface area (Å²) in [6, 6.07) is 57.9. The number of methoxy groups -OCH3 is 5. The van der Waals surface area contributed by atoms with Crippen LogP contribution in [-0.2, 0) is 57.8 Å². The van der Waals surface area contributed by atoms with Crippen LogP contribution in [0.3, 0.4) is 0 Å². The fraction of sp³-hybridized carbons (Fsp3) is 0.286. The second-order valence-electron chi connectivity index (χ2n) is 24.8. The quantitative estimate of drug-likeness (QED) is 0.0163. The van der Waals surface area contributed by atoms with Crippen molar-refractivity contribution in [3.8, 4) is 23.0 Å². The Morgan fingerprint density at radius 2 is 1.13 bits per heavy atom. The lowest BCUT2D eigenvalue weighted by Crippen LogP contribution is -2.44. The van der Waals surface area contributed by atoms with Crippen molar-refractivity contribution in [1.29, 1.82) is 0 Å². The summed E-state index contributed by atoms with van der Waals surface area (Å²) >= 11 is 2.02. The van der Waals surface area contributed by atoms with E-state index >= 15 is 4.57 Å². The van der Waals surface area contributed by atoms with E-state index in [0.29, 0.717) is 77.2 Å². The number of rotatable bonds is 30. The number of nitrogens with zero attached hydrogens (tertiary/aromatic N) is 6. The number of carbonyl (C=O) groups is 2. The molecule has 2 aliphatic heterocycles. The number of ether oxygens (including phenoxy) is 9. The number of carbonyl (C=O) groups excluding carboxylic acids is 2. The Balaban J connectivity index is 0.905. The van der Waals surface area contributed by atoms with Gasteiger partial charge in [-0.1, -0.05) is 141 Å². The fourth-order valence-electron chi connectivity index (χ4n) is 13.0. The predicted octanol–water partition coefficient (Wildman–Crippen LogP) is 13.5. The molecule has 4 aromatic heterocycles. The molecule has 2 saturated heterocycles. The molecular formula is C77H74N9O16PS2. The number of H-pyrrole nitrogens is 1. The van der Waals surface area contributed by atoms with Crippen LogP contribution < -0.4 is 35.1 Å². The number of hydrogen-bond acceptors (Lipinski definition) is 23. The molecule has 540 valence electrons. The Labute approximate surface area is 612 Å². The Bertz CT molecular complexity index is 4870. The minimum atomic E-state index is -4.96. The molecule has 3 N–H and O–H groups in total. The van der Waals surface area contributed by atoms with Crippen LogP contribution in [0, 0.1) is 12.5 Å². The molecule has 6 heterocycles. The van der Waals surface area contributed by atoms with Gasteiger partial charge in [-0.2, -0.15) is 8.75 Å². The van der Waals surface area contributed by atoms with Gasteiger partial charge in [0.25, 0.3) is 11.5 Å². The number of aromatic nitrogens is 6. The first-order valence-electron chi connectivity index (χ1n) is 33.6. The van der Waals surface area contributed by atoms with Crippen molar-refractivity contribution in [2.45, 2.75) is 74.2 Å². The van der Waals surface area contributed by atoms with Gasteiger partial charge in [0.15, 0.2) is 11.3 Å². The molecule has 2 fully saturated rings. The third kappa shape index (κ3) is 15.2. The molecule has 7 aromatic carbocycles. The van der Waals surface area contributed by atoms with Crippen molar-refractivity contribution in [2.24, 2.45) is 5.92 Å². The SMILES string of the molecule is [C-]#[N+]CCOP(=O)(OC[C@H]1O[C@@H](c2snc3c(=O)[nH]c(NC(=O)C(C)C)nc23)[C@H](OC(c2ccccc2)(c2ccc(OC)cc2)c2ccc(OC)cc2)[C@@H]1OC)O[C@H]1C[C@H](c2snc3c(NC(=O)c4ccccc4)ncnc23)O[C@@H]1COC(c1ccccc1)(c1ccc(OC)cc1)c1ccc(OC)cc1. The average Bonchev–Trinajstić information content (AvgIpc) is 1.72. The maximum absolute atomic E-state index is 16.3. The molecule has 0 saturated carbocycles. The predicted molar refractivity (Wildman–Crippen MR) is 393 cm³/mol. The zero-order chi connectivity index (χ0) is 73.2. The average molecular weight is 1480 g/mol. The van der Waals surface area contributed by atoms with Crippen molar-refractivity contribution in [1.82, 2.24) is 28.7 Å². The number of phosphoric acid groups is 1. The first kappa shape index (κ1) is 73.1. The first-order chi connectivity index (χ1) is 51.1. The molecular weight excluding hydrogens is 1400 g/mol. The molecule has 0 bridgehead atoms. The highest BCUT2D eigenvalue weighted by atomic mass is 32.1. The third-order valence-corrected chi connectivity index (χ3v) is 21.6. The molecule has 25 nitrogen and oxygen atoms in total. The minimum Gasteiger partial charge on any atom is -0.497 e. The monoisotopic (exact) mass is 1480 g/mol. The van der Waals surface area contributed by atoms with Gasteiger partial charge in [0.1, 0.15) is 100 Å². The van der Waals surface area contributed by atoms with Gasteiger partial charge < -0.3 is 52.8 Å². The fourth-order valence-corrected chi connectivity index (χ4v) is 16.1. The molecule has 28 heteroatoms. The van der Waals surface area contributed by atoms with Crippen molar-refractivity contribution in [2.75, 3.05) is 72.5 Å². The van der Waals surface area contributed by atoms with Crippen LogP contribution in [0.2, 0.25) is 0 Å². The normalized spacial score (nSPS) is 18.7. The van der Waals surface area contributed by atoms with E-state index in [-0.39, 0.29) is 42.4 Å². The summed E-state index contributed by atoms with van der Waals surface area (Å²) in [7, 11) is 2.84. The highest BCUT2D eigenvalue weighted by Crippen LogP contribution is 2.57. The van der Waals surface area contributed by atoms with E-state index in [9.17, 15) is 14.4 Å². The summed E-state index contributed by atoms with van der Waals surface area (Å²) in [4.78, 5) is 61.7. The number of benzene rings is 7. The van der Waals surface area contributed by atoms with Crippen molar-refractivity contribution in [3.63, 3.8) is 0 Å². The molecule has 0 spiro atoms. The summed E-state index contributed by atoms with van der Waals surface area (Å²) in [6.07, 6.45) is -6.67. The lowest BCUT2D eigenvalue weighted by molar-refractivity contribution is -0.119. The number of anilines is 2. The summed E-state index contributed by atoms with van der Waals surface area (Å²) in [6.45, 7) is 9.76. The van der Waals surface area contributed by atoms with Gasteiger partial charge >= 0.3 is 7.82 Å². The summed E-state index contributed by atoms with van der Waals surface area (Å²) < 4.78 is 104. The van der Waals surface area contributed by atoms with Gasteiger partial charge in [0.2, 0.25) is 18.4 Å². The molecule has 13 rings (SSSR count). The van der Waals surface area contributed by atoms with Crippen molar-refractivity contribution in [3.05, 3.63) is 265 Å². The third-order valence-electron chi connectivity index (χ3n) is 18.3. The van der Waals surface area contributed by atoms with Gasteiger partial charge in [0, 0.05) is 25.0 Å². The van der Waals surface area contributed by atoms with E-state index in [0.717, 1.165) is 28.6 Å². The van der Waals surface area contributed by atoms with Crippen LogP contribution >= 0.6 is 30.9 Å². The standard InChI is InChI=1S/C77H74N9O16PS2/c1-46(2)72(87)83-75-81-63-65(74(89)84-75)86-105-70(63)68-67(101-77(49-22-16-11-17-23-49,52-28-36-56(93-6)37-29-52)53-30-38-57(94-7)39-31-53)66(95-8)61(100-68)44-98-103(90,97-41-40-78-3)102-58-42-59(69-62-64(85-104-69)71(80-45-79-62)82-73(88)47-18-12-9-13-19-47)99-60(58)43-96-76(48-20-14-10-15-21-48,50-24-32-54(91-4)33-25-50)51-26-34-55(92-5)35-27-51/h9-39,45-46,58-61,66-68H,40-44H2,1-2,4-8H3,(H,79,80,82,88)(H2,81,83,84,87,89)/t58-,59+,60+,61+,66+,67+,68+,103?/m0/s1. The van der Waals surface area contributed by atoms with Gasteiger partial charge in [0.05, 0.1) is 57.5 Å². The van der Waals surface area contributed by atoms with Gasteiger partial charge in [-0.3, -0.25) is 38.3 Å². The second kappa shape index (κ2) is 32.5. The van der Waals surface area contributed by atoms with E-state index in [4.69, 9.17) is 72.1 Å². The maximum Gasteiger partial charge on any atom is 0.475 e. The molecule has 11 aromatic rings. The first-order valence-corrected chi connectivity index (χ1v) is 36.6. The van der Waals surface area contributed by atoms with Crippen LogP contribution in [0.5, 0.6) is 23.0 Å². The number of nitrogens with one attached hydrogen (secondary N) is 3. The molecule has 8 atom stereocenters. The van der Waals surface area contributed by atoms with Crippen LogP contribution in [-0.4, -0.2) is 133 Å². The summed E-state index contributed by atoms with van der Waals surface area (Å²) in [5.74, 6) is 1.13. The highest BCUT2D eigenvalue weighted by molar-refractivity contribution is 7.48. The molecule has 2 amide bonds. The van der Waals surface area contributed by atoms with Crippen LogP contribution in [0.15, 0.2) is 199 Å². The van der Waals surface area contributed by atoms with E-state index in [1.807, 2.05) is 164 Å². The Morgan fingerprint density at radius 3 is 1.68 bits per heavy atom.